The van der Waals surface area contributed by atoms with Gasteiger partial charge in [0.05, 0.1) is 12.1 Å². The van der Waals surface area contributed by atoms with Gasteiger partial charge in [0, 0.05) is 5.69 Å². The van der Waals surface area contributed by atoms with Crippen LogP contribution in [-0.4, -0.2) is 17.3 Å². The van der Waals surface area contributed by atoms with Crippen LogP contribution < -0.4 is 5.32 Å². The highest BCUT2D eigenvalue weighted by molar-refractivity contribution is 5.46. The molecule has 0 aliphatic heterocycles. The topological polar surface area (TPSA) is 32.3 Å². The van der Waals surface area contributed by atoms with E-state index in [1.165, 1.54) is 5.56 Å². The minimum absolute atomic E-state index is 0.176. The molecule has 1 aromatic rings. The molecule has 1 aromatic carbocycles. The lowest BCUT2D eigenvalue weighted by molar-refractivity contribution is 0.172. The first-order valence-corrected chi connectivity index (χ1v) is 6.21. The summed E-state index contributed by atoms with van der Waals surface area (Å²) < 4.78 is 0. The van der Waals surface area contributed by atoms with Gasteiger partial charge in [0.2, 0.25) is 0 Å². The summed E-state index contributed by atoms with van der Waals surface area (Å²) in [4.78, 5) is 0. The van der Waals surface area contributed by atoms with E-state index >= 15 is 0 Å². The van der Waals surface area contributed by atoms with E-state index in [0.717, 1.165) is 24.9 Å². The third-order valence-electron chi connectivity index (χ3n) is 3.41. The third kappa shape index (κ3) is 2.56. The molecule has 2 atom stereocenters. The highest BCUT2D eigenvalue weighted by atomic mass is 16.3. The van der Waals surface area contributed by atoms with E-state index < -0.39 is 0 Å². The van der Waals surface area contributed by atoms with E-state index in [1.807, 2.05) is 0 Å². The summed E-state index contributed by atoms with van der Waals surface area (Å²) in [5.74, 6) is 0.575. The molecular weight excluding hydrogens is 198 g/mol. The van der Waals surface area contributed by atoms with Gasteiger partial charge in [0.1, 0.15) is 0 Å². The lowest BCUT2D eigenvalue weighted by atomic mass is 10.0. The summed E-state index contributed by atoms with van der Waals surface area (Å²) in [6.07, 6.45) is 2.96. The second-order valence-electron chi connectivity index (χ2n) is 5.03. The molecular formula is C14H21NO. The molecule has 0 aromatic heterocycles. The van der Waals surface area contributed by atoms with E-state index in [1.54, 1.807) is 0 Å². The molecule has 88 valence electrons. The third-order valence-corrected chi connectivity index (χ3v) is 3.41. The van der Waals surface area contributed by atoms with E-state index in [4.69, 9.17) is 0 Å². The smallest absolute Gasteiger partial charge is 0.0741 e. The first-order chi connectivity index (χ1) is 7.66. The monoisotopic (exact) mass is 219 g/mol. The Balaban J connectivity index is 1.99. The lowest BCUT2D eigenvalue weighted by Crippen LogP contribution is -2.27. The van der Waals surface area contributed by atoms with Gasteiger partial charge in [-0.2, -0.15) is 0 Å². The van der Waals surface area contributed by atoms with Crippen molar-refractivity contribution in [2.45, 2.75) is 51.2 Å². The first kappa shape index (κ1) is 11.5. The number of nitrogens with one attached hydrogen (secondary N) is 1. The number of hydrogen-bond acceptors (Lipinski definition) is 2. The maximum absolute atomic E-state index is 9.73. The highest BCUT2D eigenvalue weighted by Crippen LogP contribution is 2.24. The molecule has 0 spiro atoms. The van der Waals surface area contributed by atoms with Crippen LogP contribution in [0.3, 0.4) is 0 Å². The van der Waals surface area contributed by atoms with Crippen molar-refractivity contribution in [2.75, 3.05) is 5.32 Å². The van der Waals surface area contributed by atoms with Crippen molar-refractivity contribution in [3.05, 3.63) is 29.8 Å². The molecule has 2 nitrogen and oxygen atoms in total. The fourth-order valence-electron chi connectivity index (χ4n) is 2.29. The fourth-order valence-corrected chi connectivity index (χ4v) is 2.29. The van der Waals surface area contributed by atoms with Crippen LogP contribution in [0.4, 0.5) is 5.69 Å². The summed E-state index contributed by atoms with van der Waals surface area (Å²) in [6, 6.07) is 8.79. The molecule has 2 unspecified atom stereocenters. The van der Waals surface area contributed by atoms with Gasteiger partial charge in [-0.3, -0.25) is 0 Å². The quantitative estimate of drug-likeness (QED) is 0.818. The second-order valence-corrected chi connectivity index (χ2v) is 5.03. The van der Waals surface area contributed by atoms with Gasteiger partial charge in [-0.25, -0.2) is 0 Å². The highest BCUT2D eigenvalue weighted by Gasteiger charge is 2.24. The van der Waals surface area contributed by atoms with Crippen LogP contribution in [-0.2, 0) is 0 Å². The Hall–Kier alpha value is -1.02. The average molecular weight is 219 g/mol. The molecule has 1 aliphatic carbocycles. The molecule has 1 aliphatic rings. The largest absolute Gasteiger partial charge is 0.391 e. The molecule has 2 rings (SSSR count). The van der Waals surface area contributed by atoms with Gasteiger partial charge in [-0.1, -0.05) is 26.0 Å². The Kier molecular flexibility index (Phi) is 3.49. The minimum atomic E-state index is -0.176. The molecule has 0 amide bonds. The molecule has 1 fully saturated rings. The number of rotatable bonds is 3. The molecule has 0 saturated heterocycles. The Labute approximate surface area is 97.7 Å². The number of aliphatic hydroxyl groups excluding tert-OH is 1. The van der Waals surface area contributed by atoms with Crippen LogP contribution in [0, 0.1) is 0 Å². The van der Waals surface area contributed by atoms with E-state index in [0.29, 0.717) is 5.92 Å². The van der Waals surface area contributed by atoms with Crippen LogP contribution in [0.5, 0.6) is 0 Å². The van der Waals surface area contributed by atoms with Crippen molar-refractivity contribution >= 4 is 5.69 Å². The average Bonchev–Trinajstić information content (AvgIpc) is 2.65. The Morgan fingerprint density at radius 3 is 2.38 bits per heavy atom. The van der Waals surface area contributed by atoms with Crippen molar-refractivity contribution < 1.29 is 5.11 Å². The number of aliphatic hydroxyl groups is 1. The molecule has 0 radical (unpaired) electrons. The summed E-state index contributed by atoms with van der Waals surface area (Å²) in [5, 5.41) is 13.1. The van der Waals surface area contributed by atoms with E-state index in [-0.39, 0.29) is 12.1 Å². The predicted octanol–water partition coefficient (Wildman–Crippen LogP) is 3.14. The van der Waals surface area contributed by atoms with Gasteiger partial charge in [0.15, 0.2) is 0 Å². The van der Waals surface area contributed by atoms with Crippen LogP contribution in [0.1, 0.15) is 44.6 Å². The van der Waals surface area contributed by atoms with Gasteiger partial charge in [-0.05, 0) is 42.9 Å². The molecule has 0 bridgehead atoms. The summed E-state index contributed by atoms with van der Waals surface area (Å²) in [6.45, 7) is 4.40. The summed E-state index contributed by atoms with van der Waals surface area (Å²) >= 11 is 0. The van der Waals surface area contributed by atoms with Crippen LogP contribution >= 0.6 is 0 Å². The normalized spacial score (nSPS) is 25.0. The van der Waals surface area contributed by atoms with Crippen molar-refractivity contribution in [2.24, 2.45) is 0 Å². The summed E-state index contributed by atoms with van der Waals surface area (Å²) in [7, 11) is 0. The Morgan fingerprint density at radius 2 is 1.88 bits per heavy atom. The first-order valence-electron chi connectivity index (χ1n) is 6.21. The Morgan fingerprint density at radius 1 is 1.19 bits per heavy atom. The van der Waals surface area contributed by atoms with E-state index in [2.05, 4.69) is 43.4 Å². The second kappa shape index (κ2) is 4.88. The standard InChI is InChI=1S/C14H21NO/c1-10(2)11-6-8-12(9-7-11)15-13-4-3-5-14(13)16/h6-10,13-16H,3-5H2,1-2H3. The van der Waals surface area contributed by atoms with Gasteiger partial charge in [-0.15, -0.1) is 0 Å². The molecule has 2 N–H and O–H groups in total. The van der Waals surface area contributed by atoms with Gasteiger partial charge in [0.25, 0.3) is 0 Å². The van der Waals surface area contributed by atoms with Crippen LogP contribution in [0.25, 0.3) is 0 Å². The Bertz CT molecular complexity index is 331. The van der Waals surface area contributed by atoms with E-state index in [9.17, 15) is 5.11 Å². The van der Waals surface area contributed by atoms with Crippen molar-refractivity contribution in [1.29, 1.82) is 0 Å². The zero-order valence-electron chi connectivity index (χ0n) is 10.1. The zero-order valence-corrected chi connectivity index (χ0v) is 10.1. The van der Waals surface area contributed by atoms with Crippen LogP contribution in [0.2, 0.25) is 0 Å². The minimum Gasteiger partial charge on any atom is -0.391 e. The zero-order chi connectivity index (χ0) is 11.5. The fraction of sp³-hybridized carbons (Fsp3) is 0.571. The predicted molar refractivity (Wildman–Crippen MR) is 67.8 cm³/mol. The number of anilines is 1. The molecule has 0 heterocycles. The summed E-state index contributed by atoms with van der Waals surface area (Å²) in [5.41, 5.74) is 2.48. The molecule has 2 heteroatoms. The SMILES string of the molecule is CC(C)c1ccc(NC2CCCC2O)cc1. The van der Waals surface area contributed by atoms with Crippen LogP contribution in [0.15, 0.2) is 24.3 Å². The number of hydrogen-bond donors (Lipinski definition) is 2. The molecule has 1 saturated carbocycles. The maximum atomic E-state index is 9.73. The van der Waals surface area contributed by atoms with Crippen molar-refractivity contribution in [3.8, 4) is 0 Å². The molecule has 16 heavy (non-hydrogen) atoms. The van der Waals surface area contributed by atoms with Gasteiger partial charge < -0.3 is 10.4 Å². The maximum Gasteiger partial charge on any atom is 0.0741 e. The lowest BCUT2D eigenvalue weighted by Gasteiger charge is -2.18. The van der Waals surface area contributed by atoms with Crippen molar-refractivity contribution in [3.63, 3.8) is 0 Å². The van der Waals surface area contributed by atoms with Crippen molar-refractivity contribution in [1.82, 2.24) is 0 Å². The number of benzene rings is 1. The van der Waals surface area contributed by atoms with Gasteiger partial charge >= 0.3 is 0 Å².